The summed E-state index contributed by atoms with van der Waals surface area (Å²) in [5.74, 6) is -0.309. The number of aromatic nitrogens is 2. The summed E-state index contributed by atoms with van der Waals surface area (Å²) in [4.78, 5) is 21.3. The molecule has 6 heteroatoms. The number of nitrogen functional groups attached to an aromatic ring is 1. The first kappa shape index (κ1) is 12.9. The highest BCUT2D eigenvalue weighted by molar-refractivity contribution is 5.91. The van der Waals surface area contributed by atoms with Crippen molar-refractivity contribution >= 4 is 11.7 Å². The van der Waals surface area contributed by atoms with Gasteiger partial charge >= 0.3 is 0 Å². The summed E-state index contributed by atoms with van der Waals surface area (Å²) in [7, 11) is 1.64. The largest absolute Gasteiger partial charge is 0.382 e. The van der Waals surface area contributed by atoms with E-state index in [0.717, 1.165) is 5.56 Å². The van der Waals surface area contributed by atoms with E-state index >= 15 is 0 Å². The lowest BCUT2D eigenvalue weighted by Crippen LogP contribution is -2.27. The van der Waals surface area contributed by atoms with Crippen LogP contribution in [0.15, 0.2) is 36.7 Å². The van der Waals surface area contributed by atoms with Gasteiger partial charge in [-0.3, -0.25) is 4.79 Å². The van der Waals surface area contributed by atoms with Crippen molar-refractivity contribution in [2.75, 3.05) is 12.8 Å². The van der Waals surface area contributed by atoms with Crippen LogP contribution < -0.4 is 5.73 Å². The summed E-state index contributed by atoms with van der Waals surface area (Å²) >= 11 is 0. The van der Waals surface area contributed by atoms with E-state index in [1.165, 1.54) is 29.4 Å². The molecule has 0 radical (unpaired) electrons. The molecule has 98 valence electrons. The molecule has 1 amide bonds. The molecule has 0 spiro atoms. The Balaban J connectivity index is 2.07. The Morgan fingerprint density at radius 1 is 1.26 bits per heavy atom. The summed E-state index contributed by atoms with van der Waals surface area (Å²) in [5.41, 5.74) is 6.46. The van der Waals surface area contributed by atoms with Crippen molar-refractivity contribution < 1.29 is 9.18 Å². The molecule has 2 N–H and O–H groups in total. The lowest BCUT2D eigenvalue weighted by atomic mass is 10.2. The van der Waals surface area contributed by atoms with Gasteiger partial charge in [0.25, 0.3) is 5.91 Å². The van der Waals surface area contributed by atoms with Gasteiger partial charge in [-0.25, -0.2) is 14.4 Å². The van der Waals surface area contributed by atoms with Gasteiger partial charge in [0, 0.05) is 13.6 Å². The smallest absolute Gasteiger partial charge is 0.274 e. The van der Waals surface area contributed by atoms with Gasteiger partial charge in [0.05, 0.1) is 12.4 Å². The highest BCUT2D eigenvalue weighted by Gasteiger charge is 2.13. The zero-order valence-corrected chi connectivity index (χ0v) is 10.4. The van der Waals surface area contributed by atoms with E-state index in [9.17, 15) is 9.18 Å². The van der Waals surface area contributed by atoms with Crippen LogP contribution in [0.2, 0.25) is 0 Å². The molecule has 2 rings (SSSR count). The maximum Gasteiger partial charge on any atom is 0.274 e. The second-order valence-corrected chi connectivity index (χ2v) is 4.11. The number of hydrogen-bond acceptors (Lipinski definition) is 4. The quantitative estimate of drug-likeness (QED) is 0.907. The number of benzene rings is 1. The Bertz CT molecular complexity index is 568. The van der Waals surface area contributed by atoms with Crippen molar-refractivity contribution in [3.05, 3.63) is 53.7 Å². The third-order valence-electron chi connectivity index (χ3n) is 2.57. The fourth-order valence-electron chi connectivity index (χ4n) is 1.58. The van der Waals surface area contributed by atoms with Crippen LogP contribution in [0.5, 0.6) is 0 Å². The van der Waals surface area contributed by atoms with E-state index in [-0.39, 0.29) is 23.2 Å². The van der Waals surface area contributed by atoms with Crippen molar-refractivity contribution in [2.45, 2.75) is 6.54 Å². The Morgan fingerprint density at radius 3 is 2.53 bits per heavy atom. The van der Waals surface area contributed by atoms with Crippen molar-refractivity contribution in [1.29, 1.82) is 0 Å². The molecule has 5 nitrogen and oxygen atoms in total. The van der Waals surface area contributed by atoms with Crippen LogP contribution in [0.3, 0.4) is 0 Å². The van der Waals surface area contributed by atoms with Crippen molar-refractivity contribution in [3.63, 3.8) is 0 Å². The number of halogens is 1. The monoisotopic (exact) mass is 260 g/mol. The highest BCUT2D eigenvalue weighted by atomic mass is 19.1. The summed E-state index contributed by atoms with van der Waals surface area (Å²) in [6, 6.07) is 5.98. The van der Waals surface area contributed by atoms with Crippen molar-refractivity contribution in [2.24, 2.45) is 0 Å². The zero-order valence-electron chi connectivity index (χ0n) is 10.4. The van der Waals surface area contributed by atoms with Gasteiger partial charge in [-0.05, 0) is 17.7 Å². The second-order valence-electron chi connectivity index (χ2n) is 4.11. The Morgan fingerprint density at radius 2 is 1.95 bits per heavy atom. The minimum atomic E-state index is -0.304. The molecule has 0 aliphatic heterocycles. The van der Waals surface area contributed by atoms with E-state index in [1.807, 2.05) is 0 Å². The normalized spacial score (nSPS) is 10.2. The average molecular weight is 260 g/mol. The second kappa shape index (κ2) is 5.43. The standard InChI is InChI=1S/C13H13FN4O/c1-18(8-9-2-4-10(14)5-3-9)13(19)11-6-17-12(15)7-16-11/h2-7H,8H2,1H3,(H2,15,17). The number of nitrogens with zero attached hydrogens (tertiary/aromatic N) is 3. The van der Waals surface area contributed by atoms with E-state index in [4.69, 9.17) is 5.73 Å². The summed E-state index contributed by atoms with van der Waals surface area (Å²) in [5, 5.41) is 0. The molecule has 1 heterocycles. The molecular formula is C13H13FN4O. The molecule has 0 unspecified atom stereocenters. The number of amides is 1. The first-order valence-electron chi connectivity index (χ1n) is 5.63. The number of anilines is 1. The van der Waals surface area contributed by atoms with Gasteiger partial charge in [-0.2, -0.15) is 0 Å². The van der Waals surface area contributed by atoms with Crippen molar-refractivity contribution in [1.82, 2.24) is 14.9 Å². The molecular weight excluding hydrogens is 247 g/mol. The highest BCUT2D eigenvalue weighted by Crippen LogP contribution is 2.08. The third-order valence-corrected chi connectivity index (χ3v) is 2.57. The lowest BCUT2D eigenvalue weighted by Gasteiger charge is -2.16. The molecule has 0 saturated carbocycles. The first-order valence-corrected chi connectivity index (χ1v) is 5.63. The van der Waals surface area contributed by atoms with Gasteiger partial charge in [0.2, 0.25) is 0 Å². The van der Waals surface area contributed by atoms with Crippen LogP contribution in [-0.4, -0.2) is 27.8 Å². The van der Waals surface area contributed by atoms with Gasteiger partial charge in [-0.1, -0.05) is 12.1 Å². The Kier molecular flexibility index (Phi) is 3.70. The first-order chi connectivity index (χ1) is 9.06. The fraction of sp³-hybridized carbons (Fsp3) is 0.154. The van der Waals surface area contributed by atoms with Crippen LogP contribution in [-0.2, 0) is 6.54 Å². The molecule has 0 atom stereocenters. The minimum Gasteiger partial charge on any atom is -0.382 e. The van der Waals surface area contributed by atoms with Crippen molar-refractivity contribution in [3.8, 4) is 0 Å². The summed E-state index contributed by atoms with van der Waals surface area (Å²) in [6.07, 6.45) is 2.66. The lowest BCUT2D eigenvalue weighted by molar-refractivity contribution is 0.0779. The number of carbonyl (C=O) groups is 1. The molecule has 1 aromatic heterocycles. The number of nitrogens with two attached hydrogens (primary N) is 1. The number of carbonyl (C=O) groups excluding carboxylic acids is 1. The van der Waals surface area contributed by atoms with Gasteiger partial charge in [0.15, 0.2) is 0 Å². The minimum absolute atomic E-state index is 0.221. The van der Waals surface area contributed by atoms with E-state index in [0.29, 0.717) is 6.54 Å². The Hall–Kier alpha value is -2.50. The number of rotatable bonds is 3. The zero-order chi connectivity index (χ0) is 13.8. The van der Waals surface area contributed by atoms with Crippen LogP contribution in [0, 0.1) is 5.82 Å². The SMILES string of the molecule is CN(Cc1ccc(F)cc1)C(=O)c1cnc(N)cn1. The maximum atomic E-state index is 12.8. The molecule has 1 aromatic carbocycles. The van der Waals surface area contributed by atoms with Crippen LogP contribution in [0.1, 0.15) is 16.1 Å². The van der Waals surface area contributed by atoms with Crippen LogP contribution in [0.4, 0.5) is 10.2 Å². The van der Waals surface area contributed by atoms with Gasteiger partial charge in [-0.15, -0.1) is 0 Å². The predicted molar refractivity (Wildman–Crippen MR) is 68.6 cm³/mol. The van der Waals surface area contributed by atoms with Gasteiger partial charge in [0.1, 0.15) is 17.3 Å². The van der Waals surface area contributed by atoms with E-state index in [1.54, 1.807) is 19.2 Å². The molecule has 0 aliphatic rings. The summed E-state index contributed by atoms with van der Waals surface area (Å²) in [6.45, 7) is 0.366. The molecule has 2 aromatic rings. The predicted octanol–water partition coefficient (Wildman–Crippen LogP) is 1.47. The van der Waals surface area contributed by atoms with Gasteiger partial charge < -0.3 is 10.6 Å². The van der Waals surface area contributed by atoms with E-state index < -0.39 is 0 Å². The molecule has 0 fully saturated rings. The fourth-order valence-corrected chi connectivity index (χ4v) is 1.58. The molecule has 0 bridgehead atoms. The molecule has 19 heavy (non-hydrogen) atoms. The summed E-state index contributed by atoms with van der Waals surface area (Å²) < 4.78 is 12.8. The van der Waals surface area contributed by atoms with Crippen LogP contribution >= 0.6 is 0 Å². The number of hydrogen-bond donors (Lipinski definition) is 1. The maximum absolute atomic E-state index is 12.8. The Labute approximate surface area is 109 Å². The topological polar surface area (TPSA) is 72.1 Å². The van der Waals surface area contributed by atoms with E-state index in [2.05, 4.69) is 9.97 Å². The van der Waals surface area contributed by atoms with Crippen LogP contribution in [0.25, 0.3) is 0 Å². The third kappa shape index (κ3) is 3.25. The average Bonchev–Trinajstić information content (AvgIpc) is 2.41. The molecule has 0 saturated heterocycles. The molecule has 0 aliphatic carbocycles.